The highest BCUT2D eigenvalue weighted by molar-refractivity contribution is 7.11. The number of anilines is 1. The number of thiophene rings is 1. The van der Waals surface area contributed by atoms with Crippen molar-refractivity contribution in [1.82, 2.24) is 10.6 Å². The van der Waals surface area contributed by atoms with E-state index in [1.165, 1.54) is 4.88 Å². The number of carbonyl (C=O) groups excluding carboxylic acids is 3. The van der Waals surface area contributed by atoms with Gasteiger partial charge in [0.2, 0.25) is 11.8 Å². The van der Waals surface area contributed by atoms with Gasteiger partial charge >= 0.3 is 0 Å². The molecule has 1 fully saturated rings. The van der Waals surface area contributed by atoms with Gasteiger partial charge in [0, 0.05) is 34.0 Å². The van der Waals surface area contributed by atoms with E-state index in [0.717, 1.165) is 23.4 Å². The van der Waals surface area contributed by atoms with Crippen LogP contribution in [0.5, 0.6) is 0 Å². The van der Waals surface area contributed by atoms with E-state index in [2.05, 4.69) is 23.6 Å². The fraction of sp³-hybridized carbons (Fsp3) is 0.350. The zero-order valence-corrected chi connectivity index (χ0v) is 16.1. The normalized spacial score (nSPS) is 13.7. The molecule has 1 aliphatic heterocycles. The molecule has 6 nitrogen and oxygen atoms in total. The second-order valence-corrected chi connectivity index (χ2v) is 7.63. The number of carbonyl (C=O) groups is 3. The van der Waals surface area contributed by atoms with Crippen molar-refractivity contribution in [2.75, 3.05) is 18.0 Å². The molecule has 0 radical (unpaired) electrons. The molecule has 0 unspecified atom stereocenters. The van der Waals surface area contributed by atoms with Crippen molar-refractivity contribution in [1.29, 1.82) is 0 Å². The van der Waals surface area contributed by atoms with Crippen LogP contribution in [0.25, 0.3) is 0 Å². The maximum Gasteiger partial charge on any atom is 0.251 e. The van der Waals surface area contributed by atoms with Gasteiger partial charge in [-0.3, -0.25) is 14.4 Å². The predicted octanol–water partition coefficient (Wildman–Crippen LogP) is 2.48. The Hall–Kier alpha value is -2.67. The summed E-state index contributed by atoms with van der Waals surface area (Å²) in [5, 5.41) is 5.43. The highest BCUT2D eigenvalue weighted by atomic mass is 32.1. The molecule has 0 atom stereocenters. The third-order valence-corrected chi connectivity index (χ3v) is 5.68. The van der Waals surface area contributed by atoms with Crippen LogP contribution in [-0.4, -0.2) is 30.8 Å². The van der Waals surface area contributed by atoms with Crippen LogP contribution in [0.3, 0.4) is 0 Å². The summed E-state index contributed by atoms with van der Waals surface area (Å²) < 4.78 is 0. The van der Waals surface area contributed by atoms with Crippen LogP contribution in [0.4, 0.5) is 5.69 Å². The zero-order valence-electron chi connectivity index (χ0n) is 15.3. The Morgan fingerprint density at radius 3 is 2.44 bits per heavy atom. The number of nitrogens with one attached hydrogen (secondary N) is 2. The van der Waals surface area contributed by atoms with Crippen LogP contribution in [0, 0.1) is 0 Å². The molecule has 0 aliphatic carbocycles. The molecule has 2 N–H and O–H groups in total. The summed E-state index contributed by atoms with van der Waals surface area (Å²) in [4.78, 5) is 40.0. The summed E-state index contributed by atoms with van der Waals surface area (Å²) in [6.07, 6.45) is 2.42. The first kappa shape index (κ1) is 19.1. The Morgan fingerprint density at radius 2 is 1.81 bits per heavy atom. The van der Waals surface area contributed by atoms with Crippen LogP contribution in [0.1, 0.15) is 39.9 Å². The molecule has 27 heavy (non-hydrogen) atoms. The van der Waals surface area contributed by atoms with Gasteiger partial charge in [0.05, 0.1) is 13.1 Å². The summed E-state index contributed by atoms with van der Waals surface area (Å²) in [7, 11) is 0. The van der Waals surface area contributed by atoms with Crippen molar-refractivity contribution >= 4 is 34.7 Å². The van der Waals surface area contributed by atoms with Gasteiger partial charge in [0.25, 0.3) is 5.91 Å². The van der Waals surface area contributed by atoms with Crippen LogP contribution < -0.4 is 15.5 Å². The van der Waals surface area contributed by atoms with Crippen LogP contribution >= 0.6 is 11.3 Å². The molecular formula is C20H23N3O3S. The molecular weight excluding hydrogens is 362 g/mol. The number of benzene rings is 1. The molecule has 0 saturated carbocycles. The molecule has 1 aliphatic rings. The van der Waals surface area contributed by atoms with Crippen molar-refractivity contribution in [3.8, 4) is 0 Å². The fourth-order valence-corrected chi connectivity index (χ4v) is 3.83. The third-order valence-electron chi connectivity index (χ3n) is 4.45. The van der Waals surface area contributed by atoms with E-state index < -0.39 is 0 Å². The predicted molar refractivity (Wildman–Crippen MR) is 106 cm³/mol. The number of rotatable bonds is 7. The van der Waals surface area contributed by atoms with E-state index in [1.807, 2.05) is 6.07 Å². The SMILES string of the molecule is CCc1ccc(CNC(=O)CNC(=O)c2ccc(N3CCCC3=O)cc2)s1. The molecule has 7 heteroatoms. The van der Waals surface area contributed by atoms with Crippen LogP contribution in [-0.2, 0) is 22.6 Å². The summed E-state index contributed by atoms with van der Waals surface area (Å²) in [6, 6.07) is 10.9. The van der Waals surface area contributed by atoms with Gasteiger partial charge in [-0.25, -0.2) is 0 Å². The molecule has 0 bridgehead atoms. The first-order valence-corrected chi connectivity index (χ1v) is 9.91. The standard InChI is InChI=1S/C20H23N3O3S/c1-2-16-9-10-17(27-16)12-21-18(24)13-22-20(26)14-5-7-15(8-6-14)23-11-3-4-19(23)25/h5-10H,2-4,11-13H2,1H3,(H,21,24)(H,22,26). The molecule has 2 aromatic rings. The Morgan fingerprint density at radius 1 is 1.07 bits per heavy atom. The highest BCUT2D eigenvalue weighted by Crippen LogP contribution is 2.21. The topological polar surface area (TPSA) is 78.5 Å². The first-order chi connectivity index (χ1) is 13.1. The summed E-state index contributed by atoms with van der Waals surface area (Å²) in [5.41, 5.74) is 1.26. The zero-order chi connectivity index (χ0) is 19.2. The van der Waals surface area contributed by atoms with E-state index in [1.54, 1.807) is 40.5 Å². The Balaban J connectivity index is 1.45. The van der Waals surface area contributed by atoms with Gasteiger partial charge < -0.3 is 15.5 Å². The molecule has 142 valence electrons. The average Bonchev–Trinajstić information content (AvgIpc) is 3.33. The van der Waals surface area contributed by atoms with Crippen LogP contribution in [0.15, 0.2) is 36.4 Å². The molecule has 2 heterocycles. The average molecular weight is 385 g/mol. The number of hydrogen-bond acceptors (Lipinski definition) is 4. The number of amides is 3. The van der Waals surface area contributed by atoms with Crippen LogP contribution in [0.2, 0.25) is 0 Å². The fourth-order valence-electron chi connectivity index (χ4n) is 2.93. The second-order valence-electron chi connectivity index (χ2n) is 6.38. The van der Waals surface area contributed by atoms with Gasteiger partial charge in [-0.1, -0.05) is 6.92 Å². The van der Waals surface area contributed by atoms with Gasteiger partial charge in [0.15, 0.2) is 0 Å². The minimum atomic E-state index is -0.311. The molecule has 3 amide bonds. The minimum absolute atomic E-state index is 0.0722. The lowest BCUT2D eigenvalue weighted by atomic mass is 10.2. The van der Waals surface area contributed by atoms with E-state index in [-0.39, 0.29) is 24.3 Å². The Labute approximate surface area is 162 Å². The number of aryl methyl sites for hydroxylation is 1. The number of nitrogens with zero attached hydrogens (tertiary/aromatic N) is 1. The first-order valence-electron chi connectivity index (χ1n) is 9.09. The maximum atomic E-state index is 12.2. The van der Waals surface area contributed by atoms with Gasteiger partial charge in [-0.15, -0.1) is 11.3 Å². The largest absolute Gasteiger partial charge is 0.350 e. The van der Waals surface area contributed by atoms with E-state index in [9.17, 15) is 14.4 Å². The van der Waals surface area contributed by atoms with Crippen molar-refractivity contribution in [3.63, 3.8) is 0 Å². The molecule has 0 spiro atoms. The van der Waals surface area contributed by atoms with Gasteiger partial charge in [0.1, 0.15) is 0 Å². The van der Waals surface area contributed by atoms with Crippen molar-refractivity contribution in [2.45, 2.75) is 32.7 Å². The minimum Gasteiger partial charge on any atom is -0.350 e. The molecule has 1 aromatic heterocycles. The lowest BCUT2D eigenvalue weighted by molar-refractivity contribution is -0.120. The van der Waals surface area contributed by atoms with Crippen molar-refractivity contribution in [3.05, 3.63) is 51.7 Å². The third kappa shape index (κ3) is 4.95. The number of hydrogen-bond donors (Lipinski definition) is 2. The van der Waals surface area contributed by atoms with E-state index in [0.29, 0.717) is 25.1 Å². The molecule has 1 saturated heterocycles. The van der Waals surface area contributed by atoms with E-state index in [4.69, 9.17) is 0 Å². The summed E-state index contributed by atoms with van der Waals surface area (Å²) in [6.45, 7) is 3.21. The van der Waals surface area contributed by atoms with Crippen molar-refractivity contribution < 1.29 is 14.4 Å². The lowest BCUT2D eigenvalue weighted by Gasteiger charge is -2.15. The van der Waals surface area contributed by atoms with E-state index >= 15 is 0 Å². The quantitative estimate of drug-likeness (QED) is 0.769. The Bertz CT molecular complexity index is 829. The van der Waals surface area contributed by atoms with Gasteiger partial charge in [-0.2, -0.15) is 0 Å². The summed E-state index contributed by atoms with van der Waals surface area (Å²) >= 11 is 1.68. The second kappa shape index (κ2) is 8.81. The summed E-state index contributed by atoms with van der Waals surface area (Å²) in [5.74, 6) is -0.427. The molecule has 3 rings (SSSR count). The Kier molecular flexibility index (Phi) is 6.24. The van der Waals surface area contributed by atoms with Gasteiger partial charge in [-0.05, 0) is 49.2 Å². The molecule has 1 aromatic carbocycles. The lowest BCUT2D eigenvalue weighted by Crippen LogP contribution is -2.36. The smallest absolute Gasteiger partial charge is 0.251 e. The monoisotopic (exact) mass is 385 g/mol. The maximum absolute atomic E-state index is 12.2. The highest BCUT2D eigenvalue weighted by Gasteiger charge is 2.21. The van der Waals surface area contributed by atoms with Crippen molar-refractivity contribution in [2.24, 2.45) is 0 Å².